The van der Waals surface area contributed by atoms with Gasteiger partial charge in [-0.1, -0.05) is 32.0 Å². The van der Waals surface area contributed by atoms with Crippen molar-refractivity contribution in [3.63, 3.8) is 0 Å². The summed E-state index contributed by atoms with van der Waals surface area (Å²) < 4.78 is 0. The van der Waals surface area contributed by atoms with E-state index in [0.717, 1.165) is 42.7 Å². The lowest BCUT2D eigenvalue weighted by Crippen LogP contribution is -2.21. The fraction of sp³-hybridized carbons (Fsp3) is 0.421. The van der Waals surface area contributed by atoms with Crippen LogP contribution in [0.3, 0.4) is 0 Å². The van der Waals surface area contributed by atoms with Crippen LogP contribution in [0.4, 0.5) is 11.6 Å². The maximum Gasteiger partial charge on any atom is 0.258 e. The predicted octanol–water partition coefficient (Wildman–Crippen LogP) is 3.45. The first kappa shape index (κ1) is 16.4. The number of rotatable bonds is 5. The number of aryl methyl sites for hydroxylation is 2. The number of hydrogen-bond donors (Lipinski definition) is 1. The van der Waals surface area contributed by atoms with Crippen LogP contribution in [0, 0.1) is 0 Å². The Labute approximate surface area is 143 Å². The van der Waals surface area contributed by atoms with E-state index in [2.05, 4.69) is 46.2 Å². The Hall–Kier alpha value is -2.43. The molecule has 1 aromatic carbocycles. The van der Waals surface area contributed by atoms with E-state index in [9.17, 15) is 4.79 Å². The van der Waals surface area contributed by atoms with Crippen molar-refractivity contribution in [1.29, 1.82) is 0 Å². The third-order valence-electron chi connectivity index (χ3n) is 4.53. The largest absolute Gasteiger partial charge is 0.341 e. The maximum absolute atomic E-state index is 12.6. The van der Waals surface area contributed by atoms with Crippen molar-refractivity contribution >= 4 is 17.5 Å². The van der Waals surface area contributed by atoms with Crippen LogP contribution in [0.15, 0.2) is 30.6 Å². The Balaban J connectivity index is 1.78. The normalized spacial score (nSPS) is 14.0. The van der Waals surface area contributed by atoms with Crippen LogP contribution in [-0.4, -0.2) is 29.0 Å². The van der Waals surface area contributed by atoms with Crippen LogP contribution < -0.4 is 10.2 Å². The third kappa shape index (κ3) is 3.40. The Kier molecular flexibility index (Phi) is 5.08. The lowest BCUT2D eigenvalue weighted by molar-refractivity contribution is 0.102. The van der Waals surface area contributed by atoms with Gasteiger partial charge >= 0.3 is 0 Å². The molecule has 0 aliphatic carbocycles. The van der Waals surface area contributed by atoms with Gasteiger partial charge in [-0.2, -0.15) is 0 Å². The van der Waals surface area contributed by atoms with Gasteiger partial charge in [-0.3, -0.25) is 4.79 Å². The van der Waals surface area contributed by atoms with Gasteiger partial charge in [-0.25, -0.2) is 9.97 Å². The van der Waals surface area contributed by atoms with Gasteiger partial charge in [0.15, 0.2) is 0 Å². The van der Waals surface area contributed by atoms with E-state index in [1.54, 1.807) is 12.4 Å². The topological polar surface area (TPSA) is 58.1 Å². The molecule has 0 saturated carbocycles. The number of nitrogens with zero attached hydrogens (tertiary/aromatic N) is 3. The van der Waals surface area contributed by atoms with E-state index in [1.807, 2.05) is 6.07 Å². The molecule has 1 fully saturated rings. The summed E-state index contributed by atoms with van der Waals surface area (Å²) in [5, 5.41) is 3.05. The van der Waals surface area contributed by atoms with Gasteiger partial charge in [-0.05, 0) is 36.8 Å². The average Bonchev–Trinajstić information content (AvgIpc) is 3.16. The van der Waals surface area contributed by atoms with Gasteiger partial charge in [0.2, 0.25) is 5.95 Å². The van der Waals surface area contributed by atoms with E-state index in [4.69, 9.17) is 0 Å². The molecule has 2 aromatic rings. The Morgan fingerprint density at radius 2 is 1.67 bits per heavy atom. The molecule has 0 bridgehead atoms. The minimum Gasteiger partial charge on any atom is -0.341 e. The van der Waals surface area contributed by atoms with Gasteiger partial charge in [0.05, 0.1) is 5.56 Å². The van der Waals surface area contributed by atoms with Crippen molar-refractivity contribution in [2.24, 2.45) is 0 Å². The monoisotopic (exact) mass is 324 g/mol. The number of benzene rings is 1. The first-order chi connectivity index (χ1) is 11.7. The average molecular weight is 324 g/mol. The molecule has 2 heterocycles. The van der Waals surface area contributed by atoms with Crippen LogP contribution in [0.2, 0.25) is 0 Å². The number of aromatic nitrogens is 2. The highest BCUT2D eigenvalue weighted by Gasteiger charge is 2.16. The second-order valence-electron chi connectivity index (χ2n) is 6.08. The Morgan fingerprint density at radius 1 is 1.08 bits per heavy atom. The highest BCUT2D eigenvalue weighted by atomic mass is 16.1. The smallest absolute Gasteiger partial charge is 0.258 e. The van der Waals surface area contributed by atoms with Gasteiger partial charge in [-0.15, -0.1) is 0 Å². The van der Waals surface area contributed by atoms with Crippen molar-refractivity contribution < 1.29 is 4.79 Å². The molecule has 0 radical (unpaired) electrons. The van der Waals surface area contributed by atoms with E-state index in [1.165, 1.54) is 12.8 Å². The van der Waals surface area contributed by atoms with E-state index in [0.29, 0.717) is 11.5 Å². The van der Waals surface area contributed by atoms with Crippen LogP contribution in [-0.2, 0) is 12.8 Å². The highest BCUT2D eigenvalue weighted by Crippen LogP contribution is 2.23. The predicted molar refractivity (Wildman–Crippen MR) is 96.6 cm³/mol. The molecule has 24 heavy (non-hydrogen) atoms. The number of anilines is 2. The molecule has 1 amide bonds. The van der Waals surface area contributed by atoms with Gasteiger partial charge in [0, 0.05) is 31.2 Å². The minimum atomic E-state index is -0.154. The summed E-state index contributed by atoms with van der Waals surface area (Å²) in [6, 6.07) is 6.16. The molecular weight excluding hydrogens is 300 g/mol. The first-order valence-electron chi connectivity index (χ1n) is 8.72. The summed E-state index contributed by atoms with van der Waals surface area (Å²) >= 11 is 0. The van der Waals surface area contributed by atoms with Crippen molar-refractivity contribution in [2.75, 3.05) is 23.3 Å². The zero-order valence-corrected chi connectivity index (χ0v) is 14.4. The molecule has 1 aliphatic heterocycles. The molecule has 1 aliphatic rings. The quantitative estimate of drug-likeness (QED) is 0.915. The maximum atomic E-state index is 12.6. The van der Waals surface area contributed by atoms with Crippen molar-refractivity contribution in [3.05, 3.63) is 47.3 Å². The summed E-state index contributed by atoms with van der Waals surface area (Å²) in [7, 11) is 0. The summed E-state index contributed by atoms with van der Waals surface area (Å²) in [6.45, 7) is 6.18. The molecule has 0 atom stereocenters. The Bertz CT molecular complexity index is 684. The number of carbonyl (C=O) groups is 1. The van der Waals surface area contributed by atoms with Crippen molar-refractivity contribution in [2.45, 2.75) is 39.5 Å². The highest BCUT2D eigenvalue weighted by molar-refractivity contribution is 6.04. The molecule has 1 saturated heterocycles. The fourth-order valence-corrected chi connectivity index (χ4v) is 3.11. The summed E-state index contributed by atoms with van der Waals surface area (Å²) in [4.78, 5) is 23.5. The van der Waals surface area contributed by atoms with Crippen LogP contribution in [0.5, 0.6) is 0 Å². The van der Waals surface area contributed by atoms with Crippen LogP contribution in [0.25, 0.3) is 0 Å². The number of para-hydroxylation sites is 1. The molecule has 1 aromatic heterocycles. The third-order valence-corrected chi connectivity index (χ3v) is 4.53. The standard InChI is InChI=1S/C19H24N4O/c1-3-14-8-7-9-15(4-2)17(14)22-18(24)16-12-20-19(21-13-16)23-10-5-6-11-23/h7-9,12-13H,3-6,10-11H2,1-2H3,(H,22,24). The van der Waals surface area contributed by atoms with Gasteiger partial charge < -0.3 is 10.2 Å². The molecular formula is C19H24N4O. The molecule has 5 heteroatoms. The second kappa shape index (κ2) is 7.43. The van der Waals surface area contributed by atoms with Gasteiger partial charge in [0.25, 0.3) is 5.91 Å². The van der Waals surface area contributed by atoms with Gasteiger partial charge in [0.1, 0.15) is 0 Å². The minimum absolute atomic E-state index is 0.154. The molecule has 126 valence electrons. The van der Waals surface area contributed by atoms with Crippen molar-refractivity contribution in [1.82, 2.24) is 9.97 Å². The SMILES string of the molecule is CCc1cccc(CC)c1NC(=O)c1cnc(N2CCCC2)nc1. The number of amides is 1. The second-order valence-corrected chi connectivity index (χ2v) is 6.08. The number of carbonyl (C=O) groups excluding carboxylic acids is 1. The summed E-state index contributed by atoms with van der Waals surface area (Å²) in [5.74, 6) is 0.561. The zero-order chi connectivity index (χ0) is 16.9. The van der Waals surface area contributed by atoms with Crippen LogP contribution >= 0.6 is 0 Å². The van der Waals surface area contributed by atoms with E-state index in [-0.39, 0.29) is 5.91 Å². The summed E-state index contributed by atoms with van der Waals surface area (Å²) in [6.07, 6.45) is 7.37. The van der Waals surface area contributed by atoms with Crippen molar-refractivity contribution in [3.8, 4) is 0 Å². The number of nitrogens with one attached hydrogen (secondary N) is 1. The molecule has 0 unspecified atom stereocenters. The molecule has 3 rings (SSSR count). The molecule has 0 spiro atoms. The lowest BCUT2D eigenvalue weighted by atomic mass is 10.0. The fourth-order valence-electron chi connectivity index (χ4n) is 3.11. The van der Waals surface area contributed by atoms with E-state index >= 15 is 0 Å². The zero-order valence-electron chi connectivity index (χ0n) is 14.4. The molecule has 5 nitrogen and oxygen atoms in total. The first-order valence-corrected chi connectivity index (χ1v) is 8.72. The lowest BCUT2D eigenvalue weighted by Gasteiger charge is -2.16. The molecule has 1 N–H and O–H groups in total. The van der Waals surface area contributed by atoms with E-state index < -0.39 is 0 Å². The number of hydrogen-bond acceptors (Lipinski definition) is 4. The Morgan fingerprint density at radius 3 is 2.21 bits per heavy atom. The summed E-state index contributed by atoms with van der Waals surface area (Å²) in [5.41, 5.74) is 3.72. The van der Waals surface area contributed by atoms with Crippen LogP contribution in [0.1, 0.15) is 48.2 Å².